The number of aryl methyl sites for hydroxylation is 2. The average molecular weight is 351 g/mol. The molecule has 1 atom stereocenters. The molecular weight excluding hydrogens is 326 g/mol. The normalized spacial score (nSPS) is 22.0. The maximum Gasteiger partial charge on any atom is 0.324 e. The minimum atomic E-state index is -3.68. The third-order valence-electron chi connectivity index (χ3n) is 4.94. The molecule has 5 nitrogen and oxygen atoms in total. The Bertz CT molecular complexity index is 714. The Kier molecular flexibility index (Phi) is 5.25. The number of hydrogen-bond donors (Lipinski definition) is 0. The van der Waals surface area contributed by atoms with Crippen molar-refractivity contribution >= 4 is 16.0 Å². The third kappa shape index (κ3) is 3.35. The Morgan fingerprint density at radius 2 is 1.92 bits per heavy atom. The van der Waals surface area contributed by atoms with Gasteiger partial charge in [-0.2, -0.15) is 4.31 Å². The molecule has 1 aromatic carbocycles. The predicted molar refractivity (Wildman–Crippen MR) is 91.2 cm³/mol. The topological polar surface area (TPSA) is 63.7 Å². The molecule has 0 spiro atoms. The maximum absolute atomic E-state index is 13.1. The van der Waals surface area contributed by atoms with Crippen LogP contribution in [0, 0.1) is 0 Å². The Balaban J connectivity index is 1.91. The van der Waals surface area contributed by atoms with Gasteiger partial charge in [-0.15, -0.1) is 0 Å². The Labute approximate surface area is 144 Å². The molecule has 0 saturated carbocycles. The van der Waals surface area contributed by atoms with Crippen molar-refractivity contribution in [2.75, 3.05) is 13.2 Å². The first kappa shape index (κ1) is 17.4. The zero-order valence-corrected chi connectivity index (χ0v) is 15.0. The largest absolute Gasteiger partial charge is 0.465 e. The Morgan fingerprint density at radius 1 is 1.17 bits per heavy atom. The molecule has 0 radical (unpaired) electrons. The van der Waals surface area contributed by atoms with E-state index in [0.717, 1.165) is 44.1 Å². The van der Waals surface area contributed by atoms with E-state index in [1.54, 1.807) is 19.1 Å². The summed E-state index contributed by atoms with van der Waals surface area (Å²) in [4.78, 5) is 12.5. The molecule has 132 valence electrons. The van der Waals surface area contributed by atoms with Crippen LogP contribution in [-0.2, 0) is 32.4 Å². The summed E-state index contributed by atoms with van der Waals surface area (Å²) in [5.74, 6) is -0.432. The van der Waals surface area contributed by atoms with Crippen LogP contribution in [0.1, 0.15) is 50.2 Å². The summed E-state index contributed by atoms with van der Waals surface area (Å²) in [5, 5.41) is 0. The minimum absolute atomic E-state index is 0.266. The van der Waals surface area contributed by atoms with Crippen LogP contribution >= 0.6 is 0 Å². The zero-order valence-electron chi connectivity index (χ0n) is 14.2. The lowest BCUT2D eigenvalue weighted by Crippen LogP contribution is -2.48. The van der Waals surface area contributed by atoms with E-state index in [9.17, 15) is 13.2 Å². The lowest BCUT2D eigenvalue weighted by molar-refractivity contribution is -0.148. The summed E-state index contributed by atoms with van der Waals surface area (Å²) in [5.41, 5.74) is 2.38. The van der Waals surface area contributed by atoms with Crippen LogP contribution in [0.5, 0.6) is 0 Å². The molecule has 6 heteroatoms. The van der Waals surface area contributed by atoms with Crippen molar-refractivity contribution in [2.24, 2.45) is 0 Å². The predicted octanol–water partition coefficient (Wildman–Crippen LogP) is 2.67. The summed E-state index contributed by atoms with van der Waals surface area (Å²) in [6.07, 6.45) is 6.37. The van der Waals surface area contributed by atoms with Crippen LogP contribution in [0.25, 0.3) is 0 Å². The second kappa shape index (κ2) is 7.23. The van der Waals surface area contributed by atoms with Gasteiger partial charge >= 0.3 is 5.97 Å². The smallest absolute Gasteiger partial charge is 0.324 e. The highest BCUT2D eigenvalue weighted by atomic mass is 32.2. The summed E-state index contributed by atoms with van der Waals surface area (Å²) >= 11 is 0. The van der Waals surface area contributed by atoms with Gasteiger partial charge in [0, 0.05) is 6.54 Å². The van der Waals surface area contributed by atoms with E-state index in [2.05, 4.69) is 0 Å². The van der Waals surface area contributed by atoms with Crippen molar-refractivity contribution in [2.45, 2.75) is 62.8 Å². The molecule has 2 aliphatic rings. The molecule has 1 heterocycles. The molecule has 1 aliphatic carbocycles. The SMILES string of the molecule is CCOC(=O)[C@@H]1CCCCN1S(=O)(=O)c1ccc2c(c1)CCCC2. The summed E-state index contributed by atoms with van der Waals surface area (Å²) in [7, 11) is -3.68. The van der Waals surface area contributed by atoms with E-state index in [0.29, 0.717) is 17.9 Å². The lowest BCUT2D eigenvalue weighted by atomic mass is 9.92. The first-order valence-corrected chi connectivity index (χ1v) is 10.3. The van der Waals surface area contributed by atoms with E-state index < -0.39 is 22.0 Å². The number of ether oxygens (including phenoxy) is 1. The van der Waals surface area contributed by atoms with Gasteiger partial charge in [-0.05, 0) is 75.1 Å². The number of piperidine rings is 1. The number of carbonyl (C=O) groups excluding carboxylic acids is 1. The average Bonchev–Trinajstić information content (AvgIpc) is 2.61. The van der Waals surface area contributed by atoms with E-state index in [1.807, 2.05) is 6.07 Å². The standard InChI is InChI=1S/C18H25NO4S/c1-2-23-18(20)17-9-5-6-12-19(17)24(21,22)16-11-10-14-7-3-4-8-15(14)13-16/h10-11,13,17H,2-9,12H2,1H3/t17-/m0/s1. The van der Waals surface area contributed by atoms with Gasteiger partial charge in [0.1, 0.15) is 6.04 Å². The second-order valence-electron chi connectivity index (χ2n) is 6.52. The van der Waals surface area contributed by atoms with Gasteiger partial charge in [0.15, 0.2) is 0 Å². The van der Waals surface area contributed by atoms with Crippen LogP contribution in [0.2, 0.25) is 0 Å². The Morgan fingerprint density at radius 3 is 2.67 bits per heavy atom. The molecule has 0 amide bonds. The van der Waals surface area contributed by atoms with Crippen molar-refractivity contribution in [1.82, 2.24) is 4.31 Å². The number of fused-ring (bicyclic) bond motifs is 1. The number of rotatable bonds is 4. The number of hydrogen-bond acceptors (Lipinski definition) is 4. The molecule has 1 aliphatic heterocycles. The number of sulfonamides is 1. The minimum Gasteiger partial charge on any atom is -0.465 e. The van der Waals surface area contributed by atoms with Crippen LogP contribution in [-0.4, -0.2) is 37.9 Å². The first-order chi connectivity index (χ1) is 11.5. The summed E-state index contributed by atoms with van der Waals surface area (Å²) in [6, 6.07) is 4.74. The fourth-order valence-corrected chi connectivity index (χ4v) is 5.37. The highest BCUT2D eigenvalue weighted by Crippen LogP contribution is 2.29. The van der Waals surface area contributed by atoms with Crippen LogP contribution < -0.4 is 0 Å². The molecule has 24 heavy (non-hydrogen) atoms. The Hall–Kier alpha value is -1.40. The van der Waals surface area contributed by atoms with Crippen LogP contribution in [0.15, 0.2) is 23.1 Å². The van der Waals surface area contributed by atoms with Crippen molar-refractivity contribution in [1.29, 1.82) is 0 Å². The highest BCUT2D eigenvalue weighted by molar-refractivity contribution is 7.89. The fraction of sp³-hybridized carbons (Fsp3) is 0.611. The molecular formula is C18H25NO4S. The van der Waals surface area contributed by atoms with Crippen LogP contribution in [0.4, 0.5) is 0 Å². The quantitative estimate of drug-likeness (QED) is 0.783. The molecule has 0 aromatic heterocycles. The van der Waals surface area contributed by atoms with Crippen molar-refractivity contribution in [3.63, 3.8) is 0 Å². The molecule has 1 aromatic rings. The van der Waals surface area contributed by atoms with Gasteiger partial charge in [-0.25, -0.2) is 8.42 Å². The molecule has 0 unspecified atom stereocenters. The number of nitrogens with zero attached hydrogens (tertiary/aromatic N) is 1. The molecule has 1 saturated heterocycles. The van der Waals surface area contributed by atoms with Crippen molar-refractivity contribution < 1.29 is 17.9 Å². The summed E-state index contributed by atoms with van der Waals surface area (Å²) in [6.45, 7) is 2.38. The van der Waals surface area contributed by atoms with Gasteiger partial charge in [-0.3, -0.25) is 4.79 Å². The lowest BCUT2D eigenvalue weighted by Gasteiger charge is -2.33. The monoisotopic (exact) mass is 351 g/mol. The van der Waals surface area contributed by atoms with E-state index >= 15 is 0 Å². The number of esters is 1. The first-order valence-electron chi connectivity index (χ1n) is 8.84. The van der Waals surface area contributed by atoms with Gasteiger partial charge in [0.25, 0.3) is 0 Å². The number of benzene rings is 1. The van der Waals surface area contributed by atoms with E-state index in [4.69, 9.17) is 4.74 Å². The fourth-order valence-electron chi connectivity index (χ4n) is 3.67. The molecule has 0 N–H and O–H groups in total. The second-order valence-corrected chi connectivity index (χ2v) is 8.41. The highest BCUT2D eigenvalue weighted by Gasteiger charge is 2.38. The van der Waals surface area contributed by atoms with E-state index in [1.165, 1.54) is 9.87 Å². The van der Waals surface area contributed by atoms with E-state index in [-0.39, 0.29) is 6.61 Å². The summed E-state index contributed by atoms with van der Waals surface area (Å²) < 4.78 is 32.7. The van der Waals surface area contributed by atoms with Gasteiger partial charge < -0.3 is 4.74 Å². The van der Waals surface area contributed by atoms with Crippen LogP contribution in [0.3, 0.4) is 0 Å². The van der Waals surface area contributed by atoms with Gasteiger partial charge in [0.05, 0.1) is 11.5 Å². The molecule has 3 rings (SSSR count). The third-order valence-corrected chi connectivity index (χ3v) is 6.84. The molecule has 1 fully saturated rings. The molecule has 0 bridgehead atoms. The van der Waals surface area contributed by atoms with Gasteiger partial charge in [-0.1, -0.05) is 6.07 Å². The maximum atomic E-state index is 13.1. The van der Waals surface area contributed by atoms with Crippen molar-refractivity contribution in [3.05, 3.63) is 29.3 Å². The zero-order chi connectivity index (χ0) is 17.2. The number of carbonyl (C=O) groups is 1. The van der Waals surface area contributed by atoms with Crippen molar-refractivity contribution in [3.8, 4) is 0 Å². The van der Waals surface area contributed by atoms with Gasteiger partial charge in [0.2, 0.25) is 10.0 Å².